The molecule has 0 bridgehead atoms. The van der Waals surface area contributed by atoms with Crippen molar-refractivity contribution in [1.82, 2.24) is 29.9 Å². The van der Waals surface area contributed by atoms with Crippen LogP contribution in [0.5, 0.6) is 0 Å². The number of primary amides is 1. The fourth-order valence-electron chi connectivity index (χ4n) is 4.29. The molecular formula is C24H21ClFN9O3. The number of benzene rings is 1. The standard InChI is InChI=1S/C24H21ClFN9O3/c25-18-3-1-4-19(30-18)31-24(38)17-9-13(26)11-34(17)21(36)12-35-16-7-6-14(29-20-5-2-8-28-32-20)10-15(16)22(33-35)23(27)37/h1-8,10,13,17H,9,11-12H2,(H2,27,37)(H,29,32)(H,30,31,38)/t13-,17+/m1/s1. The van der Waals surface area contributed by atoms with E-state index < -0.39 is 29.9 Å². The number of pyridine rings is 1. The summed E-state index contributed by atoms with van der Waals surface area (Å²) in [6.45, 7) is -0.597. The van der Waals surface area contributed by atoms with Crippen LogP contribution in [0.15, 0.2) is 54.7 Å². The third-order valence-electron chi connectivity index (χ3n) is 5.95. The Balaban J connectivity index is 1.38. The Morgan fingerprint density at radius 3 is 2.68 bits per heavy atom. The van der Waals surface area contributed by atoms with E-state index in [9.17, 15) is 18.8 Å². The summed E-state index contributed by atoms with van der Waals surface area (Å²) < 4.78 is 15.7. The number of nitrogens with one attached hydrogen (secondary N) is 2. The largest absolute Gasteiger partial charge is 0.364 e. The normalized spacial score (nSPS) is 16.9. The second kappa shape index (κ2) is 10.4. The number of carbonyl (C=O) groups is 3. The highest BCUT2D eigenvalue weighted by molar-refractivity contribution is 6.29. The van der Waals surface area contributed by atoms with Crippen LogP contribution < -0.4 is 16.4 Å². The molecule has 4 N–H and O–H groups in total. The van der Waals surface area contributed by atoms with Crippen LogP contribution in [0, 0.1) is 0 Å². The number of nitrogens with two attached hydrogens (primary N) is 1. The van der Waals surface area contributed by atoms with E-state index in [0.29, 0.717) is 22.4 Å². The molecule has 0 aliphatic carbocycles. The van der Waals surface area contributed by atoms with Gasteiger partial charge < -0.3 is 21.3 Å². The van der Waals surface area contributed by atoms with Gasteiger partial charge in [-0.1, -0.05) is 17.7 Å². The van der Waals surface area contributed by atoms with E-state index in [-0.39, 0.29) is 36.2 Å². The van der Waals surface area contributed by atoms with Crippen LogP contribution in [0.4, 0.5) is 21.7 Å². The van der Waals surface area contributed by atoms with Crippen molar-refractivity contribution in [3.63, 3.8) is 0 Å². The first-order chi connectivity index (χ1) is 18.3. The fourth-order valence-corrected chi connectivity index (χ4v) is 4.45. The van der Waals surface area contributed by atoms with Gasteiger partial charge >= 0.3 is 0 Å². The van der Waals surface area contributed by atoms with Crippen LogP contribution in [-0.4, -0.2) is 66.3 Å². The Kier molecular flexibility index (Phi) is 6.83. The zero-order chi connectivity index (χ0) is 26.8. The number of hydrogen-bond acceptors (Lipinski definition) is 8. The summed E-state index contributed by atoms with van der Waals surface area (Å²) in [5, 5.41) is 18.2. The van der Waals surface area contributed by atoms with Crippen molar-refractivity contribution in [2.45, 2.75) is 25.2 Å². The van der Waals surface area contributed by atoms with Gasteiger partial charge in [0, 0.05) is 23.7 Å². The Morgan fingerprint density at radius 1 is 1.13 bits per heavy atom. The Hall–Kier alpha value is -4.65. The van der Waals surface area contributed by atoms with Gasteiger partial charge in [0.15, 0.2) is 11.5 Å². The number of nitrogens with zero attached hydrogens (tertiary/aromatic N) is 6. The maximum absolute atomic E-state index is 14.4. The van der Waals surface area contributed by atoms with Gasteiger partial charge in [0.2, 0.25) is 11.8 Å². The number of carbonyl (C=O) groups excluding carboxylic acids is 3. The minimum atomic E-state index is -1.38. The number of aromatic nitrogens is 5. The molecule has 0 spiro atoms. The second-order valence-electron chi connectivity index (χ2n) is 8.57. The molecule has 3 aromatic heterocycles. The average molecular weight is 538 g/mol. The molecule has 4 heterocycles. The van der Waals surface area contributed by atoms with E-state index in [1.54, 1.807) is 42.5 Å². The molecule has 2 atom stereocenters. The first-order valence-electron chi connectivity index (χ1n) is 11.5. The van der Waals surface area contributed by atoms with Gasteiger partial charge in [0.25, 0.3) is 5.91 Å². The molecule has 3 amide bonds. The minimum absolute atomic E-state index is 0.0401. The lowest BCUT2D eigenvalue weighted by molar-refractivity contribution is -0.137. The number of likely N-dealkylation sites (tertiary alicyclic amines) is 1. The van der Waals surface area contributed by atoms with Crippen molar-refractivity contribution in [3.8, 4) is 0 Å². The van der Waals surface area contributed by atoms with Crippen molar-refractivity contribution < 1.29 is 18.8 Å². The molecule has 0 radical (unpaired) electrons. The van der Waals surface area contributed by atoms with E-state index in [1.807, 2.05) is 0 Å². The number of rotatable bonds is 7. The third-order valence-corrected chi connectivity index (χ3v) is 6.16. The second-order valence-corrected chi connectivity index (χ2v) is 8.95. The van der Waals surface area contributed by atoms with Gasteiger partial charge in [0.1, 0.15) is 29.7 Å². The molecule has 1 aromatic carbocycles. The first-order valence-corrected chi connectivity index (χ1v) is 11.9. The maximum atomic E-state index is 14.4. The number of alkyl halides is 1. The highest BCUT2D eigenvalue weighted by atomic mass is 35.5. The number of amides is 3. The third kappa shape index (κ3) is 5.22. The highest BCUT2D eigenvalue weighted by Gasteiger charge is 2.40. The van der Waals surface area contributed by atoms with E-state index in [1.165, 1.54) is 16.9 Å². The van der Waals surface area contributed by atoms with Gasteiger partial charge in [-0.15, -0.1) is 5.10 Å². The van der Waals surface area contributed by atoms with Gasteiger partial charge in [-0.3, -0.25) is 19.1 Å². The lowest BCUT2D eigenvalue weighted by Crippen LogP contribution is -2.44. The molecule has 1 aliphatic heterocycles. The molecular weight excluding hydrogens is 517 g/mol. The molecule has 194 valence electrons. The van der Waals surface area contributed by atoms with Crippen molar-refractivity contribution in [2.75, 3.05) is 17.2 Å². The maximum Gasteiger partial charge on any atom is 0.269 e. The lowest BCUT2D eigenvalue weighted by Gasteiger charge is -2.23. The molecule has 4 aromatic rings. The summed E-state index contributed by atoms with van der Waals surface area (Å²) in [7, 11) is 0. The molecule has 38 heavy (non-hydrogen) atoms. The Labute approximate surface area is 220 Å². The Morgan fingerprint density at radius 2 is 1.95 bits per heavy atom. The SMILES string of the molecule is NC(=O)c1nn(CC(=O)N2C[C@H](F)C[C@H]2C(=O)Nc2cccc(Cl)n2)c2ccc(Nc3cccnn3)cc12. The number of anilines is 3. The van der Waals surface area contributed by atoms with E-state index in [2.05, 4.69) is 30.9 Å². The highest BCUT2D eigenvalue weighted by Crippen LogP contribution is 2.26. The van der Waals surface area contributed by atoms with Crippen LogP contribution in [0.25, 0.3) is 10.9 Å². The summed E-state index contributed by atoms with van der Waals surface area (Å²) in [5.41, 5.74) is 6.55. The van der Waals surface area contributed by atoms with Crippen molar-refractivity contribution >= 4 is 57.5 Å². The van der Waals surface area contributed by atoms with E-state index in [0.717, 1.165) is 4.90 Å². The zero-order valence-electron chi connectivity index (χ0n) is 19.7. The van der Waals surface area contributed by atoms with E-state index >= 15 is 0 Å². The van der Waals surface area contributed by atoms with Gasteiger partial charge in [0.05, 0.1) is 12.1 Å². The van der Waals surface area contributed by atoms with Gasteiger partial charge in [-0.2, -0.15) is 10.2 Å². The predicted octanol–water partition coefficient (Wildman–Crippen LogP) is 2.29. The summed E-state index contributed by atoms with van der Waals surface area (Å²) in [6, 6.07) is 12.1. The Bertz CT molecular complexity index is 1530. The molecule has 14 heteroatoms. The summed E-state index contributed by atoms with van der Waals surface area (Å²) >= 11 is 5.86. The van der Waals surface area contributed by atoms with Crippen LogP contribution in [-0.2, 0) is 16.1 Å². The molecule has 1 aliphatic rings. The van der Waals surface area contributed by atoms with Crippen LogP contribution in [0.3, 0.4) is 0 Å². The van der Waals surface area contributed by atoms with Crippen LogP contribution in [0.2, 0.25) is 5.15 Å². The molecule has 12 nitrogen and oxygen atoms in total. The monoisotopic (exact) mass is 537 g/mol. The summed E-state index contributed by atoms with van der Waals surface area (Å²) in [4.78, 5) is 43.4. The smallest absolute Gasteiger partial charge is 0.269 e. The number of hydrogen-bond donors (Lipinski definition) is 3. The number of halogens is 2. The van der Waals surface area contributed by atoms with Crippen molar-refractivity contribution in [2.24, 2.45) is 5.73 Å². The lowest BCUT2D eigenvalue weighted by atomic mass is 10.1. The fraction of sp³-hybridized carbons (Fsp3) is 0.208. The molecule has 1 saturated heterocycles. The summed E-state index contributed by atoms with van der Waals surface area (Å²) in [6.07, 6.45) is -0.0107. The van der Waals surface area contributed by atoms with Gasteiger partial charge in [-0.05, 0) is 42.5 Å². The zero-order valence-corrected chi connectivity index (χ0v) is 20.5. The van der Waals surface area contributed by atoms with Crippen LogP contribution >= 0.6 is 11.6 Å². The molecule has 1 fully saturated rings. The van der Waals surface area contributed by atoms with Crippen LogP contribution in [0.1, 0.15) is 16.9 Å². The van der Waals surface area contributed by atoms with Gasteiger partial charge in [-0.25, -0.2) is 9.37 Å². The average Bonchev–Trinajstić information content (AvgIpc) is 3.45. The van der Waals surface area contributed by atoms with Crippen molar-refractivity contribution in [3.05, 3.63) is 65.6 Å². The quantitative estimate of drug-likeness (QED) is 0.302. The molecule has 0 unspecified atom stereocenters. The minimum Gasteiger partial charge on any atom is -0.364 e. The predicted molar refractivity (Wildman–Crippen MR) is 136 cm³/mol. The summed E-state index contributed by atoms with van der Waals surface area (Å²) in [5.74, 6) is -1.24. The molecule has 0 saturated carbocycles. The van der Waals surface area contributed by atoms with Crippen molar-refractivity contribution in [1.29, 1.82) is 0 Å². The number of fused-ring (bicyclic) bond motifs is 1. The first kappa shape index (κ1) is 25.0. The molecule has 5 rings (SSSR count). The van der Waals surface area contributed by atoms with E-state index in [4.69, 9.17) is 17.3 Å². The topological polar surface area (TPSA) is 161 Å².